The molecule has 1 aromatic carbocycles. The molecule has 1 N–H and O–H groups in total. The lowest BCUT2D eigenvalue weighted by Crippen LogP contribution is -2.21. The molecule has 0 aliphatic heterocycles. The van der Waals surface area contributed by atoms with Crippen molar-refractivity contribution in [3.63, 3.8) is 0 Å². The largest absolute Gasteiger partial charge is 0.488 e. The Bertz CT molecular complexity index is 324. The Balaban J connectivity index is 2.83. The first-order chi connectivity index (χ1) is 8.22. The molecule has 0 spiro atoms. The van der Waals surface area contributed by atoms with Gasteiger partial charge in [0.1, 0.15) is 11.9 Å². The lowest BCUT2D eigenvalue weighted by Gasteiger charge is -2.21. The maximum absolute atomic E-state index is 5.91. The summed E-state index contributed by atoms with van der Waals surface area (Å²) < 4.78 is 11.0. The first-order valence-electron chi connectivity index (χ1n) is 6.14. The zero-order valence-corrected chi connectivity index (χ0v) is 11.2. The number of ether oxygens (including phenoxy) is 2. The number of hydrogen-bond donors (Lipinski definition) is 1. The number of hydrogen-bond acceptors (Lipinski definition) is 3. The Kier molecular flexibility index (Phi) is 6.01. The van der Waals surface area contributed by atoms with Gasteiger partial charge in [0, 0.05) is 18.7 Å². The summed E-state index contributed by atoms with van der Waals surface area (Å²) in [6, 6.07) is 8.51. The van der Waals surface area contributed by atoms with Crippen LogP contribution in [0.5, 0.6) is 5.75 Å². The van der Waals surface area contributed by atoms with E-state index in [1.807, 2.05) is 32.2 Å². The number of para-hydroxylation sites is 1. The van der Waals surface area contributed by atoms with Gasteiger partial charge in [-0.05, 0) is 26.5 Å². The summed E-state index contributed by atoms with van der Waals surface area (Å²) in [4.78, 5) is 0. The standard InChI is InChI=1S/C14H23NO2/c1-5-13(15-3)12-8-6-7-9-14(12)17-11(2)10-16-4/h6-9,11,13,15H,5,10H2,1-4H3. The number of benzene rings is 1. The monoisotopic (exact) mass is 237 g/mol. The van der Waals surface area contributed by atoms with Crippen molar-refractivity contribution in [2.45, 2.75) is 32.4 Å². The Labute approximate surface area is 104 Å². The summed E-state index contributed by atoms with van der Waals surface area (Å²) in [6.45, 7) is 4.78. The van der Waals surface area contributed by atoms with Crippen LogP contribution in [-0.4, -0.2) is 26.9 Å². The molecule has 2 atom stereocenters. The van der Waals surface area contributed by atoms with Crippen LogP contribution in [0.3, 0.4) is 0 Å². The first kappa shape index (κ1) is 14.0. The summed E-state index contributed by atoms with van der Waals surface area (Å²) in [6.07, 6.45) is 1.10. The average molecular weight is 237 g/mol. The van der Waals surface area contributed by atoms with Crippen LogP contribution in [0.4, 0.5) is 0 Å². The number of nitrogens with one attached hydrogen (secondary N) is 1. The highest BCUT2D eigenvalue weighted by Gasteiger charge is 2.13. The van der Waals surface area contributed by atoms with Crippen LogP contribution in [-0.2, 0) is 4.74 Å². The molecule has 17 heavy (non-hydrogen) atoms. The minimum Gasteiger partial charge on any atom is -0.488 e. The predicted molar refractivity (Wildman–Crippen MR) is 70.5 cm³/mol. The molecule has 0 radical (unpaired) electrons. The van der Waals surface area contributed by atoms with Crippen molar-refractivity contribution in [3.05, 3.63) is 29.8 Å². The molecular formula is C14H23NO2. The van der Waals surface area contributed by atoms with Crippen LogP contribution in [0.25, 0.3) is 0 Å². The third-order valence-corrected chi connectivity index (χ3v) is 2.78. The first-order valence-corrected chi connectivity index (χ1v) is 6.14. The SMILES string of the molecule is CCC(NC)c1ccccc1OC(C)COC. The summed E-state index contributed by atoms with van der Waals surface area (Å²) in [5, 5.41) is 3.30. The van der Waals surface area contributed by atoms with Crippen LogP contribution >= 0.6 is 0 Å². The molecule has 0 aliphatic rings. The van der Waals surface area contributed by atoms with E-state index in [2.05, 4.69) is 18.3 Å². The van der Waals surface area contributed by atoms with Gasteiger partial charge in [-0.2, -0.15) is 0 Å². The average Bonchev–Trinajstić information content (AvgIpc) is 2.33. The molecule has 3 nitrogen and oxygen atoms in total. The van der Waals surface area contributed by atoms with Gasteiger partial charge in [-0.1, -0.05) is 25.1 Å². The Morgan fingerprint density at radius 1 is 1.29 bits per heavy atom. The normalized spacial score (nSPS) is 14.4. The van der Waals surface area contributed by atoms with Crippen molar-refractivity contribution in [3.8, 4) is 5.75 Å². The second-order valence-corrected chi connectivity index (χ2v) is 4.17. The molecule has 0 aliphatic carbocycles. The molecule has 0 bridgehead atoms. The molecule has 1 aromatic rings. The van der Waals surface area contributed by atoms with Gasteiger partial charge in [0.15, 0.2) is 0 Å². The van der Waals surface area contributed by atoms with Gasteiger partial charge >= 0.3 is 0 Å². The lowest BCUT2D eigenvalue weighted by atomic mass is 10.0. The summed E-state index contributed by atoms with van der Waals surface area (Å²) >= 11 is 0. The maximum Gasteiger partial charge on any atom is 0.124 e. The quantitative estimate of drug-likeness (QED) is 0.791. The van der Waals surface area contributed by atoms with Crippen molar-refractivity contribution in [2.75, 3.05) is 20.8 Å². The van der Waals surface area contributed by atoms with E-state index >= 15 is 0 Å². The van der Waals surface area contributed by atoms with E-state index in [-0.39, 0.29) is 6.10 Å². The molecule has 0 amide bonds. The molecule has 0 fully saturated rings. The molecule has 1 rings (SSSR count). The second kappa shape index (κ2) is 7.30. The van der Waals surface area contributed by atoms with E-state index in [0.29, 0.717) is 12.6 Å². The Morgan fingerprint density at radius 2 is 2.00 bits per heavy atom. The van der Waals surface area contributed by atoms with Crippen molar-refractivity contribution in [1.82, 2.24) is 5.32 Å². The fourth-order valence-corrected chi connectivity index (χ4v) is 1.94. The van der Waals surface area contributed by atoms with Crippen LogP contribution < -0.4 is 10.1 Å². The molecule has 0 saturated carbocycles. The van der Waals surface area contributed by atoms with E-state index in [0.717, 1.165) is 12.2 Å². The highest BCUT2D eigenvalue weighted by atomic mass is 16.5. The topological polar surface area (TPSA) is 30.5 Å². The number of methoxy groups -OCH3 is 1. The highest BCUT2D eigenvalue weighted by Crippen LogP contribution is 2.27. The van der Waals surface area contributed by atoms with Crippen LogP contribution in [0, 0.1) is 0 Å². The summed E-state index contributed by atoms with van der Waals surface area (Å²) in [5.41, 5.74) is 1.21. The Morgan fingerprint density at radius 3 is 2.59 bits per heavy atom. The fraction of sp³-hybridized carbons (Fsp3) is 0.571. The molecule has 0 heterocycles. The second-order valence-electron chi connectivity index (χ2n) is 4.17. The molecule has 0 saturated heterocycles. The zero-order valence-electron chi connectivity index (χ0n) is 11.2. The van der Waals surface area contributed by atoms with Crippen LogP contribution in [0.2, 0.25) is 0 Å². The van der Waals surface area contributed by atoms with E-state index in [1.54, 1.807) is 7.11 Å². The molecule has 3 heteroatoms. The summed E-state index contributed by atoms with van der Waals surface area (Å²) in [7, 11) is 3.66. The Hall–Kier alpha value is -1.06. The van der Waals surface area contributed by atoms with Crippen molar-refractivity contribution in [2.24, 2.45) is 0 Å². The van der Waals surface area contributed by atoms with Gasteiger partial charge in [0.2, 0.25) is 0 Å². The number of rotatable bonds is 7. The highest BCUT2D eigenvalue weighted by molar-refractivity contribution is 5.36. The molecule has 2 unspecified atom stereocenters. The summed E-state index contributed by atoms with van der Waals surface area (Å²) in [5.74, 6) is 0.943. The van der Waals surface area contributed by atoms with Crippen molar-refractivity contribution in [1.29, 1.82) is 0 Å². The smallest absolute Gasteiger partial charge is 0.124 e. The van der Waals surface area contributed by atoms with Gasteiger partial charge in [0.25, 0.3) is 0 Å². The zero-order chi connectivity index (χ0) is 12.7. The van der Waals surface area contributed by atoms with E-state index in [4.69, 9.17) is 9.47 Å². The lowest BCUT2D eigenvalue weighted by molar-refractivity contribution is 0.0910. The van der Waals surface area contributed by atoms with Gasteiger partial charge < -0.3 is 14.8 Å². The third kappa shape index (κ3) is 4.02. The van der Waals surface area contributed by atoms with Gasteiger partial charge in [-0.25, -0.2) is 0 Å². The van der Waals surface area contributed by atoms with Gasteiger partial charge in [-0.15, -0.1) is 0 Å². The maximum atomic E-state index is 5.91. The van der Waals surface area contributed by atoms with Crippen molar-refractivity contribution < 1.29 is 9.47 Å². The van der Waals surface area contributed by atoms with Gasteiger partial charge in [0.05, 0.1) is 6.61 Å². The molecule has 0 aromatic heterocycles. The van der Waals surface area contributed by atoms with Gasteiger partial charge in [-0.3, -0.25) is 0 Å². The van der Waals surface area contributed by atoms with Crippen LogP contribution in [0.1, 0.15) is 31.9 Å². The third-order valence-electron chi connectivity index (χ3n) is 2.78. The van der Waals surface area contributed by atoms with E-state index < -0.39 is 0 Å². The molecule has 96 valence electrons. The minimum atomic E-state index is 0.0653. The van der Waals surface area contributed by atoms with Crippen LogP contribution in [0.15, 0.2) is 24.3 Å². The van der Waals surface area contributed by atoms with E-state index in [1.165, 1.54) is 5.56 Å². The minimum absolute atomic E-state index is 0.0653. The molecular weight excluding hydrogens is 214 g/mol. The predicted octanol–water partition coefficient (Wildman–Crippen LogP) is 2.77. The van der Waals surface area contributed by atoms with E-state index in [9.17, 15) is 0 Å². The van der Waals surface area contributed by atoms with Crippen molar-refractivity contribution >= 4 is 0 Å². The fourth-order valence-electron chi connectivity index (χ4n) is 1.94.